The van der Waals surface area contributed by atoms with E-state index in [1.165, 1.54) is 24.2 Å². The summed E-state index contributed by atoms with van der Waals surface area (Å²) in [6.07, 6.45) is 3.52. The third kappa shape index (κ3) is 3.70. The number of carbonyl (C=O) groups is 1. The Bertz CT molecular complexity index is 425. The zero-order valence-corrected chi connectivity index (χ0v) is 12.3. The van der Waals surface area contributed by atoms with E-state index < -0.39 is 5.60 Å². The van der Waals surface area contributed by atoms with Crippen LogP contribution in [0.3, 0.4) is 0 Å². The van der Waals surface area contributed by atoms with Crippen molar-refractivity contribution in [3.8, 4) is 0 Å². The summed E-state index contributed by atoms with van der Waals surface area (Å²) in [6.45, 7) is 4.82. The monoisotopic (exact) mass is 282 g/mol. The Morgan fingerprint density at radius 2 is 2.26 bits per heavy atom. The molecule has 0 aliphatic heterocycles. The normalized spacial score (nSPS) is 19.5. The van der Waals surface area contributed by atoms with Crippen molar-refractivity contribution in [3.63, 3.8) is 0 Å². The van der Waals surface area contributed by atoms with E-state index in [1.54, 1.807) is 6.92 Å². The van der Waals surface area contributed by atoms with Gasteiger partial charge in [0.05, 0.1) is 6.54 Å². The van der Waals surface area contributed by atoms with Crippen LogP contribution < -0.4 is 10.6 Å². The quantitative estimate of drug-likeness (QED) is 0.750. The predicted octanol–water partition coefficient (Wildman–Crippen LogP) is 2.45. The molecule has 1 aromatic rings. The maximum absolute atomic E-state index is 11.7. The van der Waals surface area contributed by atoms with Gasteiger partial charge in [0.25, 0.3) is 0 Å². The molecular formula is C14H22N2O2S. The van der Waals surface area contributed by atoms with E-state index in [0.29, 0.717) is 5.41 Å². The second kappa shape index (κ2) is 5.51. The average molecular weight is 282 g/mol. The van der Waals surface area contributed by atoms with Crippen LogP contribution in [0.4, 0.5) is 4.79 Å². The SMILES string of the molecule is CCC1(CNC(=O)NCC(C)(O)c2ccsc2)CC1. The molecule has 3 N–H and O–H groups in total. The lowest BCUT2D eigenvalue weighted by atomic mass is 9.99. The fourth-order valence-corrected chi connectivity index (χ4v) is 2.87. The fourth-order valence-electron chi connectivity index (χ4n) is 2.09. The van der Waals surface area contributed by atoms with Crippen molar-refractivity contribution in [1.29, 1.82) is 0 Å². The number of amides is 2. The number of rotatable bonds is 6. The predicted molar refractivity (Wildman–Crippen MR) is 77.2 cm³/mol. The Kier molecular flexibility index (Phi) is 4.16. The van der Waals surface area contributed by atoms with Crippen molar-refractivity contribution in [1.82, 2.24) is 10.6 Å². The Labute approximate surface area is 118 Å². The molecule has 2 rings (SSSR count). The second-order valence-electron chi connectivity index (χ2n) is 5.68. The van der Waals surface area contributed by atoms with E-state index in [1.807, 2.05) is 16.8 Å². The number of hydrogen-bond acceptors (Lipinski definition) is 3. The molecule has 1 fully saturated rings. The summed E-state index contributed by atoms with van der Waals surface area (Å²) in [7, 11) is 0. The van der Waals surface area contributed by atoms with Crippen molar-refractivity contribution in [2.24, 2.45) is 5.41 Å². The topological polar surface area (TPSA) is 61.4 Å². The molecule has 106 valence electrons. The van der Waals surface area contributed by atoms with Crippen LogP contribution in [0, 0.1) is 5.41 Å². The van der Waals surface area contributed by atoms with Gasteiger partial charge in [-0.05, 0) is 54.0 Å². The number of carbonyl (C=O) groups excluding carboxylic acids is 1. The number of urea groups is 1. The van der Waals surface area contributed by atoms with E-state index in [-0.39, 0.29) is 12.6 Å². The first-order chi connectivity index (χ1) is 8.97. The van der Waals surface area contributed by atoms with Gasteiger partial charge in [0.1, 0.15) is 5.60 Å². The van der Waals surface area contributed by atoms with E-state index in [0.717, 1.165) is 18.5 Å². The first-order valence-corrected chi connectivity index (χ1v) is 7.68. The van der Waals surface area contributed by atoms with Crippen LogP contribution in [0.1, 0.15) is 38.7 Å². The lowest BCUT2D eigenvalue weighted by Gasteiger charge is -2.23. The molecule has 1 saturated carbocycles. The van der Waals surface area contributed by atoms with Crippen LogP contribution in [-0.4, -0.2) is 24.2 Å². The highest BCUT2D eigenvalue weighted by Crippen LogP contribution is 2.47. The summed E-state index contributed by atoms with van der Waals surface area (Å²) < 4.78 is 0. The highest BCUT2D eigenvalue weighted by molar-refractivity contribution is 7.08. The van der Waals surface area contributed by atoms with E-state index in [9.17, 15) is 9.90 Å². The Morgan fingerprint density at radius 3 is 2.79 bits per heavy atom. The molecule has 0 aromatic carbocycles. The molecular weight excluding hydrogens is 260 g/mol. The minimum atomic E-state index is -1.01. The Balaban J connectivity index is 1.74. The van der Waals surface area contributed by atoms with Crippen LogP contribution >= 0.6 is 11.3 Å². The molecule has 1 aliphatic carbocycles. The zero-order chi connectivity index (χ0) is 13.9. The first kappa shape index (κ1) is 14.3. The zero-order valence-electron chi connectivity index (χ0n) is 11.5. The third-order valence-corrected chi connectivity index (χ3v) is 4.75. The summed E-state index contributed by atoms with van der Waals surface area (Å²) in [5.74, 6) is 0. The summed E-state index contributed by atoms with van der Waals surface area (Å²) in [5.41, 5.74) is 0.164. The third-order valence-electron chi connectivity index (χ3n) is 4.07. The van der Waals surface area contributed by atoms with Crippen molar-refractivity contribution in [2.75, 3.05) is 13.1 Å². The van der Waals surface area contributed by atoms with Crippen LogP contribution in [0.2, 0.25) is 0 Å². The maximum atomic E-state index is 11.7. The molecule has 1 atom stereocenters. The summed E-state index contributed by atoms with van der Waals surface area (Å²) >= 11 is 1.54. The molecule has 2 amide bonds. The molecule has 0 spiro atoms. The smallest absolute Gasteiger partial charge is 0.314 e. The molecule has 0 saturated heterocycles. The van der Waals surface area contributed by atoms with Gasteiger partial charge in [-0.25, -0.2) is 4.79 Å². The average Bonchev–Trinajstić information content (AvgIpc) is 2.95. The maximum Gasteiger partial charge on any atom is 0.314 e. The van der Waals surface area contributed by atoms with Crippen molar-refractivity contribution < 1.29 is 9.90 Å². The minimum Gasteiger partial charge on any atom is -0.384 e. The molecule has 1 heterocycles. The van der Waals surface area contributed by atoms with Crippen LogP contribution in [0.15, 0.2) is 16.8 Å². The molecule has 1 aliphatic rings. The minimum absolute atomic E-state index is 0.199. The van der Waals surface area contributed by atoms with Crippen molar-refractivity contribution in [3.05, 3.63) is 22.4 Å². The summed E-state index contributed by atoms with van der Waals surface area (Å²) in [5, 5.41) is 19.7. The Morgan fingerprint density at radius 1 is 1.53 bits per heavy atom. The molecule has 4 nitrogen and oxygen atoms in total. The molecule has 1 aromatic heterocycles. The van der Waals surface area contributed by atoms with Gasteiger partial charge in [-0.3, -0.25) is 0 Å². The molecule has 0 bridgehead atoms. The second-order valence-corrected chi connectivity index (χ2v) is 6.46. The standard InChI is InChI=1S/C14H22N2O2S/c1-3-14(5-6-14)10-16-12(17)15-9-13(2,18)11-4-7-19-8-11/h4,7-8,18H,3,5-6,9-10H2,1-2H3,(H2,15,16,17). The van der Waals surface area contributed by atoms with Gasteiger partial charge in [-0.2, -0.15) is 11.3 Å². The molecule has 5 heteroatoms. The molecule has 19 heavy (non-hydrogen) atoms. The van der Waals surface area contributed by atoms with Gasteiger partial charge >= 0.3 is 6.03 Å². The number of nitrogens with one attached hydrogen (secondary N) is 2. The van der Waals surface area contributed by atoms with Crippen LogP contribution in [0.5, 0.6) is 0 Å². The number of thiophene rings is 1. The van der Waals surface area contributed by atoms with Crippen molar-refractivity contribution >= 4 is 17.4 Å². The molecule has 0 radical (unpaired) electrons. The van der Waals surface area contributed by atoms with Crippen LogP contribution in [-0.2, 0) is 5.60 Å². The highest BCUT2D eigenvalue weighted by atomic mass is 32.1. The first-order valence-electron chi connectivity index (χ1n) is 6.74. The van der Waals surface area contributed by atoms with E-state index in [2.05, 4.69) is 17.6 Å². The van der Waals surface area contributed by atoms with Gasteiger partial charge in [-0.1, -0.05) is 6.92 Å². The van der Waals surface area contributed by atoms with Gasteiger partial charge in [0, 0.05) is 6.54 Å². The Hall–Kier alpha value is -1.07. The largest absolute Gasteiger partial charge is 0.384 e. The van der Waals surface area contributed by atoms with E-state index in [4.69, 9.17) is 0 Å². The van der Waals surface area contributed by atoms with Gasteiger partial charge in [0.15, 0.2) is 0 Å². The fraction of sp³-hybridized carbons (Fsp3) is 0.643. The van der Waals surface area contributed by atoms with Gasteiger partial charge in [-0.15, -0.1) is 0 Å². The van der Waals surface area contributed by atoms with Crippen molar-refractivity contribution in [2.45, 2.75) is 38.7 Å². The van der Waals surface area contributed by atoms with Gasteiger partial charge < -0.3 is 15.7 Å². The summed E-state index contributed by atoms with van der Waals surface area (Å²) in [6, 6.07) is 1.68. The van der Waals surface area contributed by atoms with Gasteiger partial charge in [0.2, 0.25) is 0 Å². The highest BCUT2D eigenvalue weighted by Gasteiger charge is 2.40. The van der Waals surface area contributed by atoms with E-state index >= 15 is 0 Å². The van der Waals surface area contributed by atoms with Crippen LogP contribution in [0.25, 0.3) is 0 Å². The number of aliphatic hydroxyl groups is 1. The summed E-state index contributed by atoms with van der Waals surface area (Å²) in [4.78, 5) is 11.7. The lowest BCUT2D eigenvalue weighted by Crippen LogP contribution is -2.44. The lowest BCUT2D eigenvalue weighted by molar-refractivity contribution is 0.0598. The molecule has 1 unspecified atom stereocenters. The number of hydrogen-bond donors (Lipinski definition) is 3.